The van der Waals surface area contributed by atoms with Gasteiger partial charge in [-0.1, -0.05) is 18.2 Å². The van der Waals surface area contributed by atoms with Crippen molar-refractivity contribution >= 4 is 38.9 Å². The maximum Gasteiger partial charge on any atom is 0.171 e. The van der Waals surface area contributed by atoms with Gasteiger partial charge in [0, 0.05) is 5.69 Å². The van der Waals surface area contributed by atoms with Gasteiger partial charge in [-0.15, -0.1) is 0 Å². The van der Waals surface area contributed by atoms with Crippen molar-refractivity contribution in [2.75, 3.05) is 12.4 Å². The van der Waals surface area contributed by atoms with Gasteiger partial charge in [0.05, 0.1) is 17.6 Å². The second kappa shape index (κ2) is 7.61. The average molecular weight is 379 g/mol. The molecule has 0 saturated heterocycles. The lowest BCUT2D eigenvalue weighted by molar-refractivity contribution is 0.412. The van der Waals surface area contributed by atoms with Crippen LogP contribution in [-0.4, -0.2) is 12.2 Å². The highest BCUT2D eigenvalue weighted by molar-refractivity contribution is 9.10. The molecule has 2 N–H and O–H groups in total. The summed E-state index contributed by atoms with van der Waals surface area (Å²) in [6.45, 7) is 4.12. The lowest BCUT2D eigenvalue weighted by atomic mass is 10.1. The zero-order valence-electron chi connectivity index (χ0n) is 12.8. The van der Waals surface area contributed by atoms with Crippen LogP contribution in [0.5, 0.6) is 5.75 Å². The van der Waals surface area contributed by atoms with Crippen molar-refractivity contribution in [3.8, 4) is 5.75 Å². The highest BCUT2D eigenvalue weighted by Crippen LogP contribution is 2.28. The molecule has 5 heteroatoms. The SMILES string of the molecule is COc1ccc([C@@H](C)NC(=S)Nc2cccc(C)c2)cc1Br. The van der Waals surface area contributed by atoms with E-state index in [1.807, 2.05) is 30.3 Å². The lowest BCUT2D eigenvalue weighted by Crippen LogP contribution is -2.30. The van der Waals surface area contributed by atoms with Gasteiger partial charge in [-0.25, -0.2) is 0 Å². The number of hydrogen-bond donors (Lipinski definition) is 2. The molecule has 0 aliphatic heterocycles. The highest BCUT2D eigenvalue weighted by atomic mass is 79.9. The molecule has 0 aliphatic rings. The van der Waals surface area contributed by atoms with Crippen LogP contribution in [0.2, 0.25) is 0 Å². The topological polar surface area (TPSA) is 33.3 Å². The fraction of sp³-hybridized carbons (Fsp3) is 0.235. The van der Waals surface area contributed by atoms with E-state index in [0.29, 0.717) is 5.11 Å². The second-order valence-corrected chi connectivity index (χ2v) is 6.35. The van der Waals surface area contributed by atoms with Gasteiger partial charge in [0.25, 0.3) is 0 Å². The average Bonchev–Trinajstić information content (AvgIpc) is 2.46. The number of ether oxygens (including phenoxy) is 1. The summed E-state index contributed by atoms with van der Waals surface area (Å²) in [7, 11) is 1.66. The second-order valence-electron chi connectivity index (χ2n) is 5.08. The molecule has 22 heavy (non-hydrogen) atoms. The van der Waals surface area contributed by atoms with Crippen LogP contribution in [0.25, 0.3) is 0 Å². The van der Waals surface area contributed by atoms with Gasteiger partial charge in [0.2, 0.25) is 0 Å². The summed E-state index contributed by atoms with van der Waals surface area (Å²) in [4.78, 5) is 0. The standard InChI is InChI=1S/C17H19BrN2OS/c1-11-5-4-6-14(9-11)20-17(22)19-12(2)13-7-8-16(21-3)15(18)10-13/h4-10,12H,1-3H3,(H2,19,20,22)/t12-/m1/s1. The number of aryl methyl sites for hydroxylation is 1. The first kappa shape index (κ1) is 16.8. The molecule has 2 rings (SSSR count). The summed E-state index contributed by atoms with van der Waals surface area (Å²) in [5, 5.41) is 7.09. The van der Waals surface area contributed by atoms with Crippen molar-refractivity contribution < 1.29 is 4.74 Å². The molecule has 0 spiro atoms. The van der Waals surface area contributed by atoms with E-state index in [-0.39, 0.29) is 6.04 Å². The van der Waals surface area contributed by atoms with Crippen molar-refractivity contribution in [1.82, 2.24) is 5.32 Å². The van der Waals surface area contributed by atoms with Crippen LogP contribution in [0.4, 0.5) is 5.69 Å². The Kier molecular flexibility index (Phi) is 5.80. The zero-order valence-corrected chi connectivity index (χ0v) is 15.2. The van der Waals surface area contributed by atoms with Crippen LogP contribution in [0.15, 0.2) is 46.9 Å². The molecular weight excluding hydrogens is 360 g/mol. The fourth-order valence-corrected chi connectivity index (χ4v) is 2.97. The van der Waals surface area contributed by atoms with Crippen LogP contribution in [0, 0.1) is 6.92 Å². The fourth-order valence-electron chi connectivity index (χ4n) is 2.12. The number of rotatable bonds is 4. The Labute approximate surface area is 145 Å². The molecule has 2 aromatic carbocycles. The van der Waals surface area contributed by atoms with E-state index >= 15 is 0 Å². The predicted molar refractivity (Wildman–Crippen MR) is 99.6 cm³/mol. The molecular formula is C17H19BrN2OS. The number of benzene rings is 2. The van der Waals surface area contributed by atoms with E-state index in [9.17, 15) is 0 Å². The van der Waals surface area contributed by atoms with Gasteiger partial charge in [-0.05, 0) is 77.4 Å². The molecule has 0 amide bonds. The largest absolute Gasteiger partial charge is 0.496 e. The summed E-state index contributed by atoms with van der Waals surface area (Å²) in [6, 6.07) is 14.2. The number of thiocarbonyl (C=S) groups is 1. The monoisotopic (exact) mass is 378 g/mol. The number of nitrogens with one attached hydrogen (secondary N) is 2. The van der Waals surface area contributed by atoms with Crippen molar-refractivity contribution in [2.45, 2.75) is 19.9 Å². The molecule has 3 nitrogen and oxygen atoms in total. The summed E-state index contributed by atoms with van der Waals surface area (Å²) in [5.41, 5.74) is 3.31. The van der Waals surface area contributed by atoms with Crippen molar-refractivity contribution in [3.05, 3.63) is 58.1 Å². The molecule has 0 aliphatic carbocycles. The highest BCUT2D eigenvalue weighted by Gasteiger charge is 2.10. The Morgan fingerprint density at radius 1 is 1.23 bits per heavy atom. The predicted octanol–water partition coefficient (Wildman–Crippen LogP) is 4.81. The van der Waals surface area contributed by atoms with Crippen LogP contribution in [0.1, 0.15) is 24.1 Å². The Bertz CT molecular complexity index is 675. The van der Waals surface area contributed by atoms with Crippen LogP contribution in [0.3, 0.4) is 0 Å². The first-order valence-electron chi connectivity index (χ1n) is 6.97. The number of anilines is 1. The van der Waals surface area contributed by atoms with Crippen LogP contribution >= 0.6 is 28.1 Å². The van der Waals surface area contributed by atoms with Gasteiger partial charge in [0.15, 0.2) is 5.11 Å². The first-order chi connectivity index (χ1) is 10.5. The first-order valence-corrected chi connectivity index (χ1v) is 8.17. The lowest BCUT2D eigenvalue weighted by Gasteiger charge is -2.18. The maximum absolute atomic E-state index is 5.38. The Balaban J connectivity index is 2.00. The molecule has 116 valence electrons. The smallest absolute Gasteiger partial charge is 0.171 e. The van der Waals surface area contributed by atoms with Gasteiger partial charge >= 0.3 is 0 Å². The molecule has 0 aromatic heterocycles. The molecule has 0 heterocycles. The van der Waals surface area contributed by atoms with Crippen molar-refractivity contribution in [2.24, 2.45) is 0 Å². The van der Waals surface area contributed by atoms with E-state index in [0.717, 1.165) is 21.5 Å². The summed E-state index contributed by atoms with van der Waals surface area (Å²) >= 11 is 8.88. The third kappa shape index (κ3) is 4.45. The Morgan fingerprint density at radius 3 is 2.64 bits per heavy atom. The third-order valence-electron chi connectivity index (χ3n) is 3.30. The molecule has 0 bridgehead atoms. The number of methoxy groups -OCH3 is 1. The van der Waals surface area contributed by atoms with Crippen molar-refractivity contribution in [1.29, 1.82) is 0 Å². The Morgan fingerprint density at radius 2 is 2.00 bits per heavy atom. The molecule has 0 saturated carbocycles. The van der Waals surface area contributed by atoms with Gasteiger partial charge in [0.1, 0.15) is 5.75 Å². The molecule has 0 fully saturated rings. The minimum atomic E-state index is 0.0898. The number of halogens is 1. The zero-order chi connectivity index (χ0) is 16.1. The van der Waals surface area contributed by atoms with Gasteiger partial charge in [-0.2, -0.15) is 0 Å². The molecule has 2 aromatic rings. The molecule has 0 unspecified atom stereocenters. The normalized spacial score (nSPS) is 11.6. The van der Waals surface area contributed by atoms with E-state index in [4.69, 9.17) is 17.0 Å². The van der Waals surface area contributed by atoms with E-state index in [1.165, 1.54) is 5.56 Å². The van der Waals surface area contributed by atoms with Crippen molar-refractivity contribution in [3.63, 3.8) is 0 Å². The quantitative estimate of drug-likeness (QED) is 0.747. The summed E-state index contributed by atoms with van der Waals surface area (Å²) < 4.78 is 6.17. The number of hydrogen-bond acceptors (Lipinski definition) is 2. The molecule has 1 atom stereocenters. The Hall–Kier alpha value is -1.59. The van der Waals surface area contributed by atoms with E-state index in [2.05, 4.69) is 52.5 Å². The van der Waals surface area contributed by atoms with Crippen LogP contribution in [-0.2, 0) is 0 Å². The minimum Gasteiger partial charge on any atom is -0.496 e. The summed E-state index contributed by atoms with van der Waals surface area (Å²) in [6.07, 6.45) is 0. The van der Waals surface area contributed by atoms with E-state index < -0.39 is 0 Å². The van der Waals surface area contributed by atoms with Gasteiger partial charge in [-0.3, -0.25) is 0 Å². The summed E-state index contributed by atoms with van der Waals surface area (Å²) in [5.74, 6) is 0.816. The van der Waals surface area contributed by atoms with Crippen LogP contribution < -0.4 is 15.4 Å². The maximum atomic E-state index is 5.38. The van der Waals surface area contributed by atoms with E-state index in [1.54, 1.807) is 7.11 Å². The van der Waals surface area contributed by atoms with Gasteiger partial charge < -0.3 is 15.4 Å². The molecule has 0 radical (unpaired) electrons. The minimum absolute atomic E-state index is 0.0898. The third-order valence-corrected chi connectivity index (χ3v) is 4.14.